The zero-order valence-corrected chi connectivity index (χ0v) is 16.5. The zero-order chi connectivity index (χ0) is 20.4. The molecule has 1 N–H and O–H groups in total. The number of amides is 1. The lowest BCUT2D eigenvalue weighted by atomic mass is 9.97. The highest BCUT2D eigenvalue weighted by Gasteiger charge is 2.31. The van der Waals surface area contributed by atoms with Crippen LogP contribution in [0.1, 0.15) is 18.4 Å². The Morgan fingerprint density at radius 2 is 1.86 bits per heavy atom. The summed E-state index contributed by atoms with van der Waals surface area (Å²) in [5.74, 6) is 0.0864. The normalized spacial score (nSPS) is 17.3. The fraction of sp³-hybridized carbons (Fsp3) is 0.350. The second kappa shape index (κ2) is 8.00. The molecular formula is C20H21FN2O5S. The molecule has 2 aromatic carbocycles. The Kier molecular flexibility index (Phi) is 5.42. The number of nitrogens with zero attached hydrogens (tertiary/aromatic N) is 1. The number of benzene rings is 2. The van der Waals surface area contributed by atoms with Crippen LogP contribution < -0.4 is 14.8 Å². The summed E-state index contributed by atoms with van der Waals surface area (Å²) in [5.41, 5.74) is 1.02. The SMILES string of the molecule is O=C(Nc1ccc2c(c1)OCO2)C1CCN(S(=O)(=O)Cc2cccc(F)c2)CC1. The lowest BCUT2D eigenvalue weighted by molar-refractivity contribution is -0.120. The van der Waals surface area contributed by atoms with Crippen molar-refractivity contribution < 1.29 is 27.1 Å². The summed E-state index contributed by atoms with van der Waals surface area (Å²) in [6.45, 7) is 0.684. The van der Waals surface area contributed by atoms with E-state index in [1.165, 1.54) is 22.5 Å². The number of rotatable bonds is 5. The van der Waals surface area contributed by atoms with Gasteiger partial charge in [-0.2, -0.15) is 0 Å². The molecule has 0 atom stereocenters. The number of nitrogens with one attached hydrogen (secondary N) is 1. The third kappa shape index (κ3) is 4.51. The van der Waals surface area contributed by atoms with Crippen molar-refractivity contribution in [3.63, 3.8) is 0 Å². The van der Waals surface area contributed by atoms with Gasteiger partial charge in [0.1, 0.15) is 5.82 Å². The Morgan fingerprint density at radius 1 is 1.10 bits per heavy atom. The van der Waals surface area contributed by atoms with Crippen LogP contribution in [0.2, 0.25) is 0 Å². The molecule has 0 spiro atoms. The number of halogens is 1. The average Bonchev–Trinajstić information content (AvgIpc) is 3.15. The van der Waals surface area contributed by atoms with E-state index in [1.807, 2.05) is 0 Å². The molecule has 29 heavy (non-hydrogen) atoms. The highest BCUT2D eigenvalue weighted by molar-refractivity contribution is 7.88. The van der Waals surface area contributed by atoms with Crippen molar-refractivity contribution in [2.24, 2.45) is 5.92 Å². The molecule has 2 aliphatic rings. The number of carbonyl (C=O) groups is 1. The molecule has 1 saturated heterocycles. The van der Waals surface area contributed by atoms with Crippen LogP contribution >= 0.6 is 0 Å². The summed E-state index contributed by atoms with van der Waals surface area (Å²) >= 11 is 0. The van der Waals surface area contributed by atoms with Gasteiger partial charge < -0.3 is 14.8 Å². The van der Waals surface area contributed by atoms with E-state index in [4.69, 9.17) is 9.47 Å². The molecule has 0 aliphatic carbocycles. The number of hydrogen-bond acceptors (Lipinski definition) is 5. The van der Waals surface area contributed by atoms with Gasteiger partial charge in [0.2, 0.25) is 22.7 Å². The molecule has 1 fully saturated rings. The van der Waals surface area contributed by atoms with Gasteiger partial charge >= 0.3 is 0 Å². The smallest absolute Gasteiger partial charge is 0.231 e. The van der Waals surface area contributed by atoms with Gasteiger partial charge in [0.15, 0.2) is 11.5 Å². The maximum Gasteiger partial charge on any atom is 0.231 e. The van der Waals surface area contributed by atoms with E-state index in [1.54, 1.807) is 24.3 Å². The number of sulfonamides is 1. The fourth-order valence-electron chi connectivity index (χ4n) is 3.54. The number of fused-ring (bicyclic) bond motifs is 1. The monoisotopic (exact) mass is 420 g/mol. The standard InChI is InChI=1S/C20H21FN2O5S/c21-16-3-1-2-14(10-16)12-29(25,26)23-8-6-15(7-9-23)20(24)22-17-4-5-18-19(11-17)28-13-27-18/h1-5,10-11,15H,6-9,12-13H2,(H,22,24). The predicted molar refractivity (Wildman–Crippen MR) is 105 cm³/mol. The Balaban J connectivity index is 1.33. The number of anilines is 1. The van der Waals surface area contributed by atoms with E-state index in [2.05, 4.69) is 5.32 Å². The van der Waals surface area contributed by atoms with Crippen LogP contribution in [0, 0.1) is 11.7 Å². The second-order valence-electron chi connectivity index (χ2n) is 7.12. The summed E-state index contributed by atoms with van der Waals surface area (Å²) < 4.78 is 50.5. The first-order valence-corrected chi connectivity index (χ1v) is 10.9. The van der Waals surface area contributed by atoms with Gasteiger partial charge in [0.25, 0.3) is 0 Å². The van der Waals surface area contributed by atoms with Crippen molar-refractivity contribution in [1.82, 2.24) is 4.31 Å². The van der Waals surface area contributed by atoms with Crippen LogP contribution in [0.3, 0.4) is 0 Å². The van der Waals surface area contributed by atoms with Gasteiger partial charge in [-0.3, -0.25) is 4.79 Å². The van der Waals surface area contributed by atoms with E-state index < -0.39 is 15.8 Å². The van der Waals surface area contributed by atoms with E-state index >= 15 is 0 Å². The van der Waals surface area contributed by atoms with Gasteiger partial charge in [-0.05, 0) is 42.7 Å². The van der Waals surface area contributed by atoms with Crippen LogP contribution in [0.25, 0.3) is 0 Å². The average molecular weight is 420 g/mol. The molecule has 0 saturated carbocycles. The predicted octanol–water partition coefficient (Wildman–Crippen LogP) is 2.73. The summed E-state index contributed by atoms with van der Waals surface area (Å²) in [6.07, 6.45) is 0.859. The molecule has 2 heterocycles. The van der Waals surface area contributed by atoms with Gasteiger partial charge in [-0.25, -0.2) is 17.1 Å². The van der Waals surface area contributed by atoms with Crippen LogP contribution in [0.15, 0.2) is 42.5 Å². The largest absolute Gasteiger partial charge is 0.454 e. The van der Waals surface area contributed by atoms with Crippen molar-refractivity contribution in [3.05, 3.63) is 53.8 Å². The topological polar surface area (TPSA) is 84.9 Å². The lowest BCUT2D eigenvalue weighted by Gasteiger charge is -2.30. The third-order valence-corrected chi connectivity index (χ3v) is 6.95. The summed E-state index contributed by atoms with van der Waals surface area (Å²) in [5, 5.41) is 2.86. The molecular weight excluding hydrogens is 399 g/mol. The highest BCUT2D eigenvalue weighted by atomic mass is 32.2. The van der Waals surface area contributed by atoms with Crippen LogP contribution in [0.4, 0.5) is 10.1 Å². The molecule has 0 radical (unpaired) electrons. The molecule has 9 heteroatoms. The zero-order valence-electron chi connectivity index (χ0n) is 15.6. The minimum Gasteiger partial charge on any atom is -0.454 e. The van der Waals surface area contributed by atoms with Crippen molar-refractivity contribution in [2.45, 2.75) is 18.6 Å². The molecule has 0 aromatic heterocycles. The number of carbonyl (C=O) groups excluding carboxylic acids is 1. The van der Waals surface area contributed by atoms with Gasteiger partial charge in [-0.15, -0.1) is 0 Å². The van der Waals surface area contributed by atoms with Gasteiger partial charge in [0.05, 0.1) is 5.75 Å². The first kappa shape index (κ1) is 19.7. The van der Waals surface area contributed by atoms with E-state index in [-0.39, 0.29) is 37.5 Å². The summed E-state index contributed by atoms with van der Waals surface area (Å²) in [4.78, 5) is 12.6. The van der Waals surface area contributed by atoms with Crippen LogP contribution in [-0.2, 0) is 20.6 Å². The molecule has 1 amide bonds. The molecule has 0 bridgehead atoms. The van der Waals surface area contributed by atoms with Crippen molar-refractivity contribution in [3.8, 4) is 11.5 Å². The fourth-order valence-corrected chi connectivity index (χ4v) is 5.09. The third-order valence-electron chi connectivity index (χ3n) is 5.10. The minimum atomic E-state index is -3.56. The van der Waals surface area contributed by atoms with E-state index in [0.717, 1.165) is 0 Å². The Hall–Kier alpha value is -2.65. The van der Waals surface area contributed by atoms with Crippen molar-refractivity contribution in [1.29, 1.82) is 0 Å². The molecule has 2 aromatic rings. The number of hydrogen-bond donors (Lipinski definition) is 1. The Morgan fingerprint density at radius 3 is 2.62 bits per heavy atom. The first-order valence-electron chi connectivity index (χ1n) is 9.33. The van der Waals surface area contributed by atoms with Gasteiger partial charge in [-0.1, -0.05) is 12.1 Å². The maximum absolute atomic E-state index is 13.3. The number of piperidine rings is 1. The van der Waals surface area contributed by atoms with Gasteiger partial charge in [0, 0.05) is 30.8 Å². The molecule has 2 aliphatic heterocycles. The first-order chi connectivity index (χ1) is 13.9. The quantitative estimate of drug-likeness (QED) is 0.804. The maximum atomic E-state index is 13.3. The van der Waals surface area contributed by atoms with Crippen LogP contribution in [0.5, 0.6) is 11.5 Å². The Bertz CT molecular complexity index is 1020. The van der Waals surface area contributed by atoms with E-state index in [9.17, 15) is 17.6 Å². The summed E-state index contributed by atoms with van der Waals surface area (Å²) in [6, 6.07) is 10.8. The lowest BCUT2D eigenvalue weighted by Crippen LogP contribution is -2.41. The number of ether oxygens (including phenoxy) is 2. The second-order valence-corrected chi connectivity index (χ2v) is 9.09. The Labute approximate surface area is 168 Å². The van der Waals surface area contributed by atoms with Crippen molar-refractivity contribution >= 4 is 21.6 Å². The molecule has 0 unspecified atom stereocenters. The van der Waals surface area contributed by atoms with E-state index in [0.29, 0.717) is 35.6 Å². The molecule has 154 valence electrons. The minimum absolute atomic E-state index is 0.147. The molecule has 4 rings (SSSR count). The summed E-state index contributed by atoms with van der Waals surface area (Å²) in [7, 11) is -3.56. The molecule has 7 nitrogen and oxygen atoms in total. The van der Waals surface area contributed by atoms with Crippen LogP contribution in [-0.4, -0.2) is 38.5 Å². The highest BCUT2D eigenvalue weighted by Crippen LogP contribution is 2.34. The van der Waals surface area contributed by atoms with Crippen molar-refractivity contribution in [2.75, 3.05) is 25.2 Å².